The molecule has 0 aliphatic heterocycles. The summed E-state index contributed by atoms with van der Waals surface area (Å²) in [5.41, 5.74) is 2.97. The lowest BCUT2D eigenvalue weighted by molar-refractivity contribution is 0.707. The molecule has 0 bridgehead atoms. The summed E-state index contributed by atoms with van der Waals surface area (Å²) in [6.45, 7) is 0. The van der Waals surface area contributed by atoms with E-state index >= 15 is 0 Å². The summed E-state index contributed by atoms with van der Waals surface area (Å²) < 4.78 is 0. The molecule has 0 atom stereocenters. The van der Waals surface area contributed by atoms with Gasteiger partial charge in [0.2, 0.25) is 0 Å². The Morgan fingerprint density at radius 2 is 2.06 bits per heavy atom. The van der Waals surface area contributed by atoms with Gasteiger partial charge < -0.3 is 0 Å². The lowest BCUT2D eigenvalue weighted by Gasteiger charge is -2.08. The van der Waals surface area contributed by atoms with E-state index in [2.05, 4.69) is 17.1 Å². The van der Waals surface area contributed by atoms with Crippen LogP contribution in [0.4, 0.5) is 0 Å². The lowest BCUT2D eigenvalue weighted by Crippen LogP contribution is -2.00. The van der Waals surface area contributed by atoms with Crippen LogP contribution in [0.5, 0.6) is 0 Å². The van der Waals surface area contributed by atoms with E-state index in [-0.39, 0.29) is 0 Å². The van der Waals surface area contributed by atoms with Crippen molar-refractivity contribution in [3.8, 4) is 12.1 Å². The van der Waals surface area contributed by atoms with Gasteiger partial charge in [-0.15, -0.1) is 0 Å². The van der Waals surface area contributed by atoms with E-state index in [1.807, 2.05) is 6.07 Å². The molecule has 2 rings (SSSR count). The molecule has 0 fully saturated rings. The normalized spacial score (nSPS) is 14.2. The third kappa shape index (κ3) is 2.78. The Kier molecular flexibility index (Phi) is 4.01. The molecular formula is C13H13N3S. The number of aromatic nitrogens is 1. The highest BCUT2D eigenvalue weighted by atomic mass is 32.2. The molecule has 0 radical (unpaired) electrons. The maximum atomic E-state index is 9.10. The minimum atomic E-state index is 0.348. The van der Waals surface area contributed by atoms with Gasteiger partial charge in [-0.25, -0.2) is 4.98 Å². The summed E-state index contributed by atoms with van der Waals surface area (Å²) in [5, 5.41) is 18.4. The van der Waals surface area contributed by atoms with E-state index in [4.69, 9.17) is 10.5 Å². The quantitative estimate of drug-likeness (QED) is 0.592. The smallest absolute Gasteiger partial charge is 0.115 e. The molecule has 3 nitrogen and oxygen atoms in total. The molecule has 1 aliphatic carbocycles. The number of rotatable bonds is 2. The second kappa shape index (κ2) is 5.70. The highest BCUT2D eigenvalue weighted by Crippen LogP contribution is 2.26. The van der Waals surface area contributed by atoms with Gasteiger partial charge in [0.25, 0.3) is 0 Å². The minimum absolute atomic E-state index is 0.348. The van der Waals surface area contributed by atoms with Crippen LogP contribution < -0.4 is 0 Å². The summed E-state index contributed by atoms with van der Waals surface area (Å²) in [5.74, 6) is 0.348. The summed E-state index contributed by atoms with van der Waals surface area (Å²) in [6.07, 6.45) is 5.62. The van der Waals surface area contributed by atoms with E-state index in [1.165, 1.54) is 36.6 Å². The van der Waals surface area contributed by atoms with E-state index in [9.17, 15) is 0 Å². The van der Waals surface area contributed by atoms with Gasteiger partial charge in [0.1, 0.15) is 11.1 Å². The van der Waals surface area contributed by atoms with Crippen molar-refractivity contribution in [1.82, 2.24) is 4.98 Å². The fourth-order valence-electron chi connectivity index (χ4n) is 2.08. The summed E-state index contributed by atoms with van der Waals surface area (Å²) in [7, 11) is 0. The average Bonchev–Trinajstić information content (AvgIpc) is 2.59. The van der Waals surface area contributed by atoms with Crippen LogP contribution in [0.3, 0.4) is 0 Å². The van der Waals surface area contributed by atoms with E-state index in [1.54, 1.807) is 0 Å². The molecule has 0 unspecified atom stereocenters. The van der Waals surface area contributed by atoms with Crippen LogP contribution in [0, 0.1) is 22.7 Å². The van der Waals surface area contributed by atoms with Crippen molar-refractivity contribution in [2.45, 2.75) is 37.1 Å². The Labute approximate surface area is 105 Å². The van der Waals surface area contributed by atoms with E-state index < -0.39 is 0 Å². The second-order valence-electron chi connectivity index (χ2n) is 4.07. The standard InChI is InChI=1S/C13H13N3S/c14-6-7-17-13-11(9-15)8-10-4-2-1-3-5-12(10)16-13/h8H,1-5,7H2. The summed E-state index contributed by atoms with van der Waals surface area (Å²) in [4.78, 5) is 4.57. The van der Waals surface area contributed by atoms with Gasteiger partial charge in [-0.2, -0.15) is 10.5 Å². The zero-order valence-electron chi connectivity index (χ0n) is 9.57. The fraction of sp³-hybridized carbons (Fsp3) is 0.462. The Morgan fingerprint density at radius 1 is 1.24 bits per heavy atom. The van der Waals surface area contributed by atoms with Crippen LogP contribution in [-0.2, 0) is 12.8 Å². The van der Waals surface area contributed by atoms with E-state index in [0.717, 1.165) is 23.6 Å². The number of hydrogen-bond donors (Lipinski definition) is 0. The van der Waals surface area contributed by atoms with Crippen molar-refractivity contribution in [2.24, 2.45) is 0 Å². The summed E-state index contributed by atoms with van der Waals surface area (Å²) >= 11 is 1.36. The maximum Gasteiger partial charge on any atom is 0.115 e. The maximum absolute atomic E-state index is 9.10. The van der Waals surface area contributed by atoms with Crippen LogP contribution >= 0.6 is 11.8 Å². The van der Waals surface area contributed by atoms with Crippen molar-refractivity contribution < 1.29 is 0 Å². The van der Waals surface area contributed by atoms with Crippen molar-refractivity contribution in [1.29, 1.82) is 10.5 Å². The van der Waals surface area contributed by atoms with Crippen LogP contribution in [0.15, 0.2) is 11.1 Å². The molecule has 0 N–H and O–H groups in total. The van der Waals surface area contributed by atoms with Crippen molar-refractivity contribution in [3.05, 3.63) is 22.9 Å². The zero-order valence-corrected chi connectivity index (χ0v) is 10.4. The molecule has 17 heavy (non-hydrogen) atoms. The molecule has 0 saturated heterocycles. The first kappa shape index (κ1) is 12.0. The third-order valence-electron chi connectivity index (χ3n) is 2.91. The van der Waals surface area contributed by atoms with Gasteiger partial charge in [0.15, 0.2) is 0 Å². The predicted molar refractivity (Wildman–Crippen MR) is 66.5 cm³/mol. The van der Waals surface area contributed by atoms with Crippen LogP contribution in [0.25, 0.3) is 0 Å². The predicted octanol–water partition coefficient (Wildman–Crippen LogP) is 2.84. The third-order valence-corrected chi connectivity index (χ3v) is 3.77. The van der Waals surface area contributed by atoms with Gasteiger partial charge in [-0.3, -0.25) is 0 Å². The number of thioether (sulfide) groups is 1. The number of nitriles is 2. The van der Waals surface area contributed by atoms with Gasteiger partial charge in [0, 0.05) is 5.69 Å². The van der Waals surface area contributed by atoms with Crippen LogP contribution in [0.2, 0.25) is 0 Å². The SMILES string of the molecule is N#CCSc1nc2c(cc1C#N)CCCCC2. The van der Waals surface area contributed by atoms with Gasteiger partial charge in [-0.05, 0) is 37.3 Å². The Balaban J connectivity index is 2.36. The molecule has 4 heteroatoms. The second-order valence-corrected chi connectivity index (χ2v) is 5.03. The van der Waals surface area contributed by atoms with Gasteiger partial charge in [-0.1, -0.05) is 18.2 Å². The first-order valence-corrected chi connectivity index (χ1v) is 6.76. The molecule has 0 saturated carbocycles. The Bertz CT molecular complexity index is 497. The lowest BCUT2D eigenvalue weighted by atomic mass is 10.1. The van der Waals surface area contributed by atoms with Crippen molar-refractivity contribution >= 4 is 11.8 Å². The molecule has 0 amide bonds. The molecular weight excluding hydrogens is 230 g/mol. The number of hydrogen-bond acceptors (Lipinski definition) is 4. The Morgan fingerprint density at radius 3 is 2.82 bits per heavy atom. The van der Waals surface area contributed by atoms with E-state index in [0.29, 0.717) is 11.3 Å². The van der Waals surface area contributed by atoms with Gasteiger partial charge >= 0.3 is 0 Å². The average molecular weight is 243 g/mol. The molecule has 1 aromatic heterocycles. The Hall–Kier alpha value is -1.52. The minimum Gasteiger partial charge on any atom is -0.245 e. The van der Waals surface area contributed by atoms with Crippen molar-refractivity contribution in [2.75, 3.05) is 5.75 Å². The highest BCUT2D eigenvalue weighted by molar-refractivity contribution is 7.99. The molecule has 86 valence electrons. The highest BCUT2D eigenvalue weighted by Gasteiger charge is 2.14. The van der Waals surface area contributed by atoms with Crippen LogP contribution in [-0.4, -0.2) is 10.7 Å². The van der Waals surface area contributed by atoms with Crippen LogP contribution in [0.1, 0.15) is 36.1 Å². The fourth-order valence-corrected chi connectivity index (χ4v) is 2.72. The first-order valence-electron chi connectivity index (χ1n) is 5.78. The monoisotopic (exact) mass is 243 g/mol. The number of pyridine rings is 1. The molecule has 1 heterocycles. The molecule has 1 aromatic rings. The number of fused-ring (bicyclic) bond motifs is 1. The molecule has 1 aliphatic rings. The molecule has 0 aromatic carbocycles. The largest absolute Gasteiger partial charge is 0.245 e. The van der Waals surface area contributed by atoms with Crippen molar-refractivity contribution in [3.63, 3.8) is 0 Å². The topological polar surface area (TPSA) is 60.5 Å². The molecule has 0 spiro atoms. The summed E-state index contributed by atoms with van der Waals surface area (Å²) in [6, 6.07) is 6.22. The first-order chi connectivity index (χ1) is 8.35. The van der Waals surface area contributed by atoms with Gasteiger partial charge in [0.05, 0.1) is 17.4 Å². The zero-order chi connectivity index (χ0) is 12.1. The number of aryl methyl sites for hydroxylation is 2. The number of nitrogens with zero attached hydrogens (tertiary/aromatic N) is 3.